The summed E-state index contributed by atoms with van der Waals surface area (Å²) in [5.74, 6) is -0.860. The summed E-state index contributed by atoms with van der Waals surface area (Å²) in [4.78, 5) is 26.4. The fraction of sp³-hybridized carbons (Fsp3) is 0.833. The van der Waals surface area contributed by atoms with Gasteiger partial charge in [-0.2, -0.15) is 0 Å². The maximum atomic E-state index is 12.3. The lowest BCUT2D eigenvalue weighted by Crippen LogP contribution is -2.50. The van der Waals surface area contributed by atoms with Gasteiger partial charge in [-0.15, -0.1) is 0 Å². The van der Waals surface area contributed by atoms with E-state index in [0.29, 0.717) is 26.1 Å². The third kappa shape index (κ3) is 2.93. The van der Waals surface area contributed by atoms with E-state index in [1.54, 1.807) is 9.80 Å². The Morgan fingerprint density at radius 3 is 2.56 bits per heavy atom. The predicted octanol–water partition coefficient (Wildman–Crippen LogP) is 0.502. The Kier molecular flexibility index (Phi) is 4.06. The zero-order valence-electron chi connectivity index (χ0n) is 10.4. The van der Waals surface area contributed by atoms with Gasteiger partial charge in [-0.3, -0.25) is 4.79 Å². The van der Waals surface area contributed by atoms with Crippen molar-refractivity contribution in [2.45, 2.75) is 44.2 Å². The topological polar surface area (TPSA) is 81.1 Å². The summed E-state index contributed by atoms with van der Waals surface area (Å²) < 4.78 is 0. The molecule has 0 bridgehead atoms. The minimum Gasteiger partial charge on any atom is -0.481 e. The Labute approximate surface area is 106 Å². The number of aliphatic carboxylic acids is 1. The number of hydrogen-bond acceptors (Lipinski definition) is 3. The number of aliphatic hydroxyl groups is 1. The molecule has 6 nitrogen and oxygen atoms in total. The van der Waals surface area contributed by atoms with Crippen LogP contribution in [0, 0.1) is 0 Å². The van der Waals surface area contributed by atoms with E-state index in [-0.39, 0.29) is 18.5 Å². The number of piperidine rings is 1. The molecule has 2 aliphatic rings. The van der Waals surface area contributed by atoms with Gasteiger partial charge in [-0.25, -0.2) is 4.79 Å². The van der Waals surface area contributed by atoms with Crippen LogP contribution in [0.5, 0.6) is 0 Å². The first-order chi connectivity index (χ1) is 8.58. The van der Waals surface area contributed by atoms with Gasteiger partial charge in [-0.05, 0) is 25.7 Å². The van der Waals surface area contributed by atoms with E-state index in [1.165, 1.54) is 0 Å². The van der Waals surface area contributed by atoms with E-state index >= 15 is 0 Å². The van der Waals surface area contributed by atoms with Crippen LogP contribution in [0.1, 0.15) is 32.1 Å². The molecular weight excluding hydrogens is 236 g/mol. The first-order valence-corrected chi connectivity index (χ1v) is 6.53. The van der Waals surface area contributed by atoms with Crippen LogP contribution in [0.4, 0.5) is 4.79 Å². The summed E-state index contributed by atoms with van der Waals surface area (Å²) >= 11 is 0. The van der Waals surface area contributed by atoms with Crippen molar-refractivity contribution in [3.8, 4) is 0 Å². The number of nitrogens with zero attached hydrogens (tertiary/aromatic N) is 2. The maximum Gasteiger partial charge on any atom is 0.320 e. The average Bonchev–Trinajstić information content (AvgIpc) is 2.75. The molecule has 2 atom stereocenters. The molecular formula is C12H20N2O4. The average molecular weight is 256 g/mol. The molecule has 0 saturated carbocycles. The van der Waals surface area contributed by atoms with Crippen molar-refractivity contribution in [1.82, 2.24) is 9.80 Å². The molecule has 2 rings (SSSR count). The van der Waals surface area contributed by atoms with Crippen LogP contribution >= 0.6 is 0 Å². The van der Waals surface area contributed by atoms with Crippen molar-refractivity contribution in [3.05, 3.63) is 0 Å². The van der Waals surface area contributed by atoms with Gasteiger partial charge in [-0.1, -0.05) is 0 Å². The smallest absolute Gasteiger partial charge is 0.320 e. The lowest BCUT2D eigenvalue weighted by molar-refractivity contribution is -0.138. The SMILES string of the molecule is O=C(O)CC1CCCCN1C(=O)N1CCC(O)C1. The molecule has 2 aliphatic heterocycles. The van der Waals surface area contributed by atoms with Crippen LogP contribution in [0.25, 0.3) is 0 Å². The molecule has 2 saturated heterocycles. The number of β-amino-alcohol motifs (C(OH)–C–C–N with tert-alkyl or cyclic N) is 1. The highest BCUT2D eigenvalue weighted by atomic mass is 16.4. The molecule has 0 aromatic rings. The normalized spacial score (nSPS) is 28.5. The van der Waals surface area contributed by atoms with Crippen molar-refractivity contribution >= 4 is 12.0 Å². The standard InChI is InChI=1S/C12H20N2O4/c15-10-4-6-13(8-10)12(18)14-5-2-1-3-9(14)7-11(16)17/h9-10,15H,1-8H2,(H,16,17). The largest absolute Gasteiger partial charge is 0.481 e. The third-order valence-corrected chi connectivity index (χ3v) is 3.72. The number of aliphatic hydroxyl groups excluding tert-OH is 1. The van der Waals surface area contributed by atoms with Gasteiger partial charge in [0, 0.05) is 25.7 Å². The van der Waals surface area contributed by atoms with E-state index in [2.05, 4.69) is 0 Å². The van der Waals surface area contributed by atoms with E-state index in [0.717, 1.165) is 19.3 Å². The molecule has 102 valence electrons. The molecule has 2 heterocycles. The number of amides is 2. The molecule has 2 fully saturated rings. The van der Waals surface area contributed by atoms with Crippen LogP contribution in [-0.2, 0) is 4.79 Å². The Morgan fingerprint density at radius 1 is 1.17 bits per heavy atom. The van der Waals surface area contributed by atoms with Gasteiger partial charge in [0.15, 0.2) is 0 Å². The number of likely N-dealkylation sites (tertiary alicyclic amines) is 2. The fourth-order valence-corrected chi connectivity index (χ4v) is 2.76. The monoisotopic (exact) mass is 256 g/mol. The molecule has 0 spiro atoms. The molecule has 2 amide bonds. The summed E-state index contributed by atoms with van der Waals surface area (Å²) in [7, 11) is 0. The lowest BCUT2D eigenvalue weighted by Gasteiger charge is -2.37. The van der Waals surface area contributed by atoms with Gasteiger partial charge in [0.05, 0.1) is 12.5 Å². The number of carboxylic acids is 1. The fourth-order valence-electron chi connectivity index (χ4n) is 2.76. The first kappa shape index (κ1) is 13.1. The number of urea groups is 1. The Bertz CT molecular complexity index is 334. The second kappa shape index (κ2) is 5.56. The zero-order chi connectivity index (χ0) is 13.1. The van der Waals surface area contributed by atoms with E-state index in [9.17, 15) is 14.7 Å². The summed E-state index contributed by atoms with van der Waals surface area (Å²) in [6.45, 7) is 1.56. The molecule has 0 aliphatic carbocycles. The van der Waals surface area contributed by atoms with Crippen LogP contribution < -0.4 is 0 Å². The number of carboxylic acid groups (broad SMARTS) is 1. The zero-order valence-corrected chi connectivity index (χ0v) is 10.4. The van der Waals surface area contributed by atoms with E-state index < -0.39 is 12.1 Å². The van der Waals surface area contributed by atoms with Gasteiger partial charge in [0.25, 0.3) is 0 Å². The van der Waals surface area contributed by atoms with Crippen LogP contribution in [-0.4, -0.2) is 63.8 Å². The lowest BCUT2D eigenvalue weighted by atomic mass is 10.00. The van der Waals surface area contributed by atoms with Crippen LogP contribution in [0.15, 0.2) is 0 Å². The van der Waals surface area contributed by atoms with Crippen molar-refractivity contribution in [2.24, 2.45) is 0 Å². The summed E-state index contributed by atoms with van der Waals surface area (Å²) in [6.07, 6.45) is 2.86. The van der Waals surface area contributed by atoms with Crippen molar-refractivity contribution in [1.29, 1.82) is 0 Å². The second-order valence-electron chi connectivity index (χ2n) is 5.11. The van der Waals surface area contributed by atoms with Crippen molar-refractivity contribution in [3.63, 3.8) is 0 Å². The second-order valence-corrected chi connectivity index (χ2v) is 5.11. The van der Waals surface area contributed by atoms with Gasteiger partial charge < -0.3 is 20.0 Å². The summed E-state index contributed by atoms with van der Waals surface area (Å²) in [5.41, 5.74) is 0. The number of hydrogen-bond donors (Lipinski definition) is 2. The Hall–Kier alpha value is -1.30. The quantitative estimate of drug-likeness (QED) is 0.754. The molecule has 6 heteroatoms. The molecule has 2 N–H and O–H groups in total. The molecule has 0 radical (unpaired) electrons. The number of rotatable bonds is 2. The minimum atomic E-state index is -0.860. The first-order valence-electron chi connectivity index (χ1n) is 6.53. The Morgan fingerprint density at radius 2 is 1.94 bits per heavy atom. The highest BCUT2D eigenvalue weighted by Crippen LogP contribution is 2.22. The van der Waals surface area contributed by atoms with E-state index in [1.807, 2.05) is 0 Å². The third-order valence-electron chi connectivity index (χ3n) is 3.72. The van der Waals surface area contributed by atoms with Gasteiger partial charge in [0.1, 0.15) is 0 Å². The maximum absolute atomic E-state index is 12.3. The summed E-state index contributed by atoms with van der Waals surface area (Å²) in [5, 5.41) is 18.3. The molecule has 2 unspecified atom stereocenters. The highest BCUT2D eigenvalue weighted by Gasteiger charge is 2.34. The molecule has 0 aromatic heterocycles. The van der Waals surface area contributed by atoms with Crippen LogP contribution in [0.3, 0.4) is 0 Å². The Balaban J connectivity index is 1.99. The number of carbonyl (C=O) groups is 2. The van der Waals surface area contributed by atoms with Gasteiger partial charge >= 0.3 is 12.0 Å². The van der Waals surface area contributed by atoms with Crippen molar-refractivity contribution < 1.29 is 19.8 Å². The van der Waals surface area contributed by atoms with Crippen molar-refractivity contribution in [2.75, 3.05) is 19.6 Å². The summed E-state index contributed by atoms with van der Waals surface area (Å²) in [6, 6.07) is -0.306. The van der Waals surface area contributed by atoms with Gasteiger partial charge in [0.2, 0.25) is 0 Å². The highest BCUT2D eigenvalue weighted by molar-refractivity contribution is 5.76. The predicted molar refractivity (Wildman–Crippen MR) is 64.2 cm³/mol. The number of carbonyl (C=O) groups excluding carboxylic acids is 1. The molecule has 0 aromatic carbocycles. The minimum absolute atomic E-state index is 0.0160. The molecule has 18 heavy (non-hydrogen) atoms. The van der Waals surface area contributed by atoms with Crippen LogP contribution in [0.2, 0.25) is 0 Å². The van der Waals surface area contributed by atoms with E-state index in [4.69, 9.17) is 5.11 Å².